The van der Waals surface area contributed by atoms with E-state index in [0.29, 0.717) is 6.61 Å². The Morgan fingerprint density at radius 3 is 3.12 bits per heavy atom. The normalized spacial score (nSPS) is 15.4. The maximum atomic E-state index is 8.46. The Hall–Kier alpha value is -0.940. The lowest BCUT2D eigenvalue weighted by atomic mass is 10.3. The molecule has 0 aliphatic carbocycles. The number of aliphatic hydroxyl groups excluding tert-OH is 1. The summed E-state index contributed by atoms with van der Waals surface area (Å²) in [5.74, 6) is 0. The van der Waals surface area contributed by atoms with Crippen molar-refractivity contribution in [3.05, 3.63) is 23.3 Å². The summed E-state index contributed by atoms with van der Waals surface area (Å²) >= 11 is 0. The van der Waals surface area contributed by atoms with Gasteiger partial charge in [-0.25, -0.2) is 0 Å². The Balaban J connectivity index is 2.79. The first kappa shape index (κ1) is 5.20. The highest BCUT2D eigenvalue weighted by atomic mass is 16.5. The first-order valence-electron chi connectivity index (χ1n) is 2.34. The third kappa shape index (κ3) is 1.02. The van der Waals surface area contributed by atoms with E-state index in [4.69, 9.17) is 9.84 Å². The molecule has 1 aliphatic rings. The molecule has 1 rings (SSSR count). The predicted octanol–water partition coefficient (Wildman–Crippen LogP) is 0.203. The van der Waals surface area contributed by atoms with E-state index in [0.717, 1.165) is 5.57 Å². The van der Waals surface area contributed by atoms with E-state index in [-0.39, 0.29) is 6.61 Å². The smallest absolute Gasteiger partial charge is 0.134 e. The highest BCUT2D eigenvalue weighted by molar-refractivity contribution is 5.04. The molecule has 0 aromatic heterocycles. The van der Waals surface area contributed by atoms with Gasteiger partial charge in [0.2, 0.25) is 0 Å². The lowest BCUT2D eigenvalue weighted by Gasteiger charge is -2.00. The van der Waals surface area contributed by atoms with Crippen LogP contribution in [0, 0.1) is 0 Å². The molecular formula is C6H6O2. The van der Waals surface area contributed by atoms with Crippen molar-refractivity contribution < 1.29 is 9.84 Å². The van der Waals surface area contributed by atoms with Crippen molar-refractivity contribution in [3.8, 4) is 0 Å². The largest absolute Gasteiger partial charge is 0.487 e. The van der Waals surface area contributed by atoms with Gasteiger partial charge in [0.15, 0.2) is 0 Å². The van der Waals surface area contributed by atoms with E-state index in [1.807, 2.05) is 0 Å². The van der Waals surface area contributed by atoms with Crippen molar-refractivity contribution in [1.82, 2.24) is 0 Å². The van der Waals surface area contributed by atoms with Crippen LogP contribution in [0.2, 0.25) is 0 Å². The lowest BCUT2D eigenvalue weighted by molar-refractivity contribution is 0.246. The standard InChI is InChI=1S/C6H6O2/c7-4-6-2-1-3-8-5-6/h3,7H,4-5H2. The molecule has 0 aromatic carbocycles. The maximum Gasteiger partial charge on any atom is 0.134 e. The van der Waals surface area contributed by atoms with Gasteiger partial charge >= 0.3 is 0 Å². The van der Waals surface area contributed by atoms with Gasteiger partial charge in [-0.05, 0) is 5.73 Å². The summed E-state index contributed by atoms with van der Waals surface area (Å²) in [5, 5.41) is 8.46. The van der Waals surface area contributed by atoms with Crippen LogP contribution in [0.1, 0.15) is 0 Å². The molecule has 0 saturated carbocycles. The van der Waals surface area contributed by atoms with Crippen molar-refractivity contribution in [2.45, 2.75) is 0 Å². The first-order valence-corrected chi connectivity index (χ1v) is 2.34. The fraction of sp³-hybridized carbons (Fsp3) is 0.333. The summed E-state index contributed by atoms with van der Waals surface area (Å²) in [5.41, 5.74) is 6.04. The van der Waals surface area contributed by atoms with Gasteiger partial charge in [0.1, 0.15) is 12.9 Å². The SMILES string of the molecule is OCC1=C=C=COC1. The Labute approximate surface area is 47.4 Å². The van der Waals surface area contributed by atoms with Gasteiger partial charge < -0.3 is 9.84 Å². The van der Waals surface area contributed by atoms with Crippen LogP contribution in [-0.2, 0) is 4.74 Å². The monoisotopic (exact) mass is 110 g/mol. The van der Waals surface area contributed by atoms with E-state index in [2.05, 4.69) is 11.5 Å². The summed E-state index contributed by atoms with van der Waals surface area (Å²) in [6, 6.07) is 0. The summed E-state index contributed by atoms with van der Waals surface area (Å²) in [6.45, 7) is 0.463. The highest BCUT2D eigenvalue weighted by Crippen LogP contribution is 1.94. The Morgan fingerprint density at radius 1 is 1.88 bits per heavy atom. The van der Waals surface area contributed by atoms with Crippen molar-refractivity contribution in [1.29, 1.82) is 0 Å². The number of ether oxygens (including phenoxy) is 1. The second kappa shape index (κ2) is 2.39. The van der Waals surface area contributed by atoms with Gasteiger partial charge in [0.25, 0.3) is 0 Å². The second-order valence-electron chi connectivity index (χ2n) is 1.46. The zero-order valence-corrected chi connectivity index (χ0v) is 4.35. The van der Waals surface area contributed by atoms with Crippen LogP contribution in [0.4, 0.5) is 0 Å². The molecule has 0 radical (unpaired) electrons. The summed E-state index contributed by atoms with van der Waals surface area (Å²) in [7, 11) is 0. The number of aliphatic hydroxyl groups is 1. The van der Waals surface area contributed by atoms with Crippen LogP contribution in [0.25, 0.3) is 0 Å². The Bertz CT molecular complexity index is 169. The van der Waals surface area contributed by atoms with Crippen LogP contribution in [0.15, 0.2) is 23.3 Å². The second-order valence-corrected chi connectivity index (χ2v) is 1.46. The molecule has 1 aliphatic heterocycles. The fourth-order valence-corrected chi connectivity index (χ4v) is 0.437. The summed E-state index contributed by atoms with van der Waals surface area (Å²) < 4.78 is 4.78. The van der Waals surface area contributed by atoms with Gasteiger partial charge in [-0.1, -0.05) is 5.73 Å². The molecule has 42 valence electrons. The van der Waals surface area contributed by atoms with Crippen LogP contribution >= 0.6 is 0 Å². The van der Waals surface area contributed by atoms with Crippen molar-refractivity contribution in [2.24, 2.45) is 0 Å². The molecule has 0 aromatic rings. The molecule has 1 heterocycles. The maximum absolute atomic E-state index is 8.46. The van der Waals surface area contributed by atoms with Crippen molar-refractivity contribution in [3.63, 3.8) is 0 Å². The minimum Gasteiger partial charge on any atom is -0.487 e. The van der Waals surface area contributed by atoms with Crippen LogP contribution < -0.4 is 0 Å². The van der Waals surface area contributed by atoms with Gasteiger partial charge in [-0.2, -0.15) is 0 Å². The Kier molecular flexibility index (Phi) is 1.55. The molecule has 0 saturated heterocycles. The molecular weight excluding hydrogens is 104 g/mol. The van der Waals surface area contributed by atoms with Crippen LogP contribution in [-0.4, -0.2) is 18.3 Å². The van der Waals surface area contributed by atoms with E-state index in [1.54, 1.807) is 0 Å². The van der Waals surface area contributed by atoms with E-state index in [9.17, 15) is 0 Å². The molecule has 8 heavy (non-hydrogen) atoms. The molecule has 2 heteroatoms. The van der Waals surface area contributed by atoms with Crippen LogP contribution in [0.3, 0.4) is 0 Å². The molecule has 0 spiro atoms. The molecule has 0 bridgehead atoms. The van der Waals surface area contributed by atoms with E-state index < -0.39 is 0 Å². The van der Waals surface area contributed by atoms with Crippen molar-refractivity contribution >= 4 is 0 Å². The third-order valence-electron chi connectivity index (χ3n) is 0.840. The molecule has 0 atom stereocenters. The molecule has 0 fully saturated rings. The third-order valence-corrected chi connectivity index (χ3v) is 0.840. The number of hydrogen-bond acceptors (Lipinski definition) is 2. The molecule has 0 unspecified atom stereocenters. The zero-order valence-electron chi connectivity index (χ0n) is 4.35. The van der Waals surface area contributed by atoms with Gasteiger partial charge in [-0.15, -0.1) is 0 Å². The van der Waals surface area contributed by atoms with Crippen LogP contribution in [0.5, 0.6) is 0 Å². The quantitative estimate of drug-likeness (QED) is 0.489. The minimum absolute atomic E-state index is 0.0147. The van der Waals surface area contributed by atoms with Crippen molar-refractivity contribution in [2.75, 3.05) is 13.2 Å². The zero-order chi connectivity index (χ0) is 5.82. The minimum atomic E-state index is 0.0147. The highest BCUT2D eigenvalue weighted by Gasteiger charge is 1.93. The lowest BCUT2D eigenvalue weighted by Crippen LogP contribution is -1.98. The van der Waals surface area contributed by atoms with E-state index in [1.165, 1.54) is 6.26 Å². The number of rotatable bonds is 1. The number of hydrogen-bond donors (Lipinski definition) is 1. The summed E-state index contributed by atoms with van der Waals surface area (Å²) in [6.07, 6.45) is 1.43. The predicted molar refractivity (Wildman–Crippen MR) is 28.1 cm³/mol. The van der Waals surface area contributed by atoms with E-state index >= 15 is 0 Å². The summed E-state index contributed by atoms with van der Waals surface area (Å²) in [4.78, 5) is 0. The average molecular weight is 110 g/mol. The Morgan fingerprint density at radius 2 is 2.75 bits per heavy atom. The molecule has 0 amide bonds. The fourth-order valence-electron chi connectivity index (χ4n) is 0.437. The molecule has 1 N–H and O–H groups in total. The van der Waals surface area contributed by atoms with Gasteiger partial charge in [0.05, 0.1) is 6.61 Å². The first-order chi connectivity index (χ1) is 3.93. The van der Waals surface area contributed by atoms with Gasteiger partial charge in [0, 0.05) is 5.57 Å². The molecule has 2 nitrogen and oxygen atoms in total. The topological polar surface area (TPSA) is 29.5 Å². The van der Waals surface area contributed by atoms with Gasteiger partial charge in [-0.3, -0.25) is 0 Å². The average Bonchev–Trinajstić information content (AvgIpc) is 1.90.